The van der Waals surface area contributed by atoms with Crippen molar-refractivity contribution in [3.63, 3.8) is 0 Å². The van der Waals surface area contributed by atoms with E-state index in [-0.39, 0.29) is 0 Å². The minimum Gasteiger partial charge on any atom is -0.314 e. The number of rotatable bonds is 3. The first-order chi connectivity index (χ1) is 7.77. The highest BCUT2D eigenvalue weighted by atomic mass is 15.2. The Hall–Kier alpha value is -0.0800. The maximum absolute atomic E-state index is 3.66. The predicted molar refractivity (Wildman–Crippen MR) is 69.7 cm³/mol. The number of likely N-dealkylation sites (tertiary alicyclic amines) is 1. The molecule has 2 saturated heterocycles. The second kappa shape index (κ2) is 6.02. The van der Waals surface area contributed by atoms with Crippen LogP contribution in [0.5, 0.6) is 0 Å². The molecule has 2 aliphatic rings. The molecule has 0 saturated carbocycles. The molecule has 0 aliphatic carbocycles. The molecular weight excluding hydrogens is 196 g/mol. The fourth-order valence-corrected chi connectivity index (χ4v) is 3.39. The van der Waals surface area contributed by atoms with Gasteiger partial charge in [-0.15, -0.1) is 0 Å². The lowest BCUT2D eigenvalue weighted by Crippen LogP contribution is -2.46. The largest absolute Gasteiger partial charge is 0.314 e. The van der Waals surface area contributed by atoms with Crippen molar-refractivity contribution in [3.8, 4) is 0 Å². The third-order valence-corrected chi connectivity index (χ3v) is 4.52. The molecule has 0 aromatic rings. The van der Waals surface area contributed by atoms with Gasteiger partial charge >= 0.3 is 0 Å². The van der Waals surface area contributed by atoms with Gasteiger partial charge in [0.1, 0.15) is 0 Å². The predicted octanol–water partition coefficient (Wildman–Crippen LogP) is 2.78. The molecule has 0 aromatic carbocycles. The van der Waals surface area contributed by atoms with Crippen molar-refractivity contribution in [3.05, 3.63) is 0 Å². The number of hydrogen-bond acceptors (Lipinski definition) is 2. The molecule has 2 nitrogen and oxygen atoms in total. The summed E-state index contributed by atoms with van der Waals surface area (Å²) in [4.78, 5) is 2.74. The van der Waals surface area contributed by atoms with Crippen LogP contribution >= 0.6 is 0 Å². The average Bonchev–Trinajstić information content (AvgIpc) is 2.30. The first-order valence-electron chi connectivity index (χ1n) is 7.26. The molecule has 0 bridgehead atoms. The lowest BCUT2D eigenvalue weighted by molar-refractivity contribution is 0.0966. The van der Waals surface area contributed by atoms with Crippen molar-refractivity contribution < 1.29 is 0 Å². The number of piperidine rings is 2. The van der Waals surface area contributed by atoms with Crippen molar-refractivity contribution in [1.82, 2.24) is 10.2 Å². The van der Waals surface area contributed by atoms with Crippen LogP contribution in [0, 0.1) is 0 Å². The van der Waals surface area contributed by atoms with Crippen LogP contribution in [-0.2, 0) is 0 Å². The van der Waals surface area contributed by atoms with Crippen molar-refractivity contribution in [2.75, 3.05) is 13.1 Å². The molecule has 1 unspecified atom stereocenters. The zero-order chi connectivity index (χ0) is 11.4. The van der Waals surface area contributed by atoms with E-state index in [9.17, 15) is 0 Å². The lowest BCUT2D eigenvalue weighted by atomic mass is 9.95. The van der Waals surface area contributed by atoms with Gasteiger partial charge in [-0.25, -0.2) is 0 Å². The first kappa shape index (κ1) is 12.4. The summed E-state index contributed by atoms with van der Waals surface area (Å²) in [5.41, 5.74) is 0. The van der Waals surface area contributed by atoms with Gasteiger partial charge in [0.2, 0.25) is 0 Å². The molecule has 0 aromatic heterocycles. The molecule has 94 valence electrons. The first-order valence-corrected chi connectivity index (χ1v) is 7.26. The Morgan fingerprint density at radius 1 is 1.00 bits per heavy atom. The number of hydrogen-bond donors (Lipinski definition) is 1. The van der Waals surface area contributed by atoms with E-state index in [1.807, 2.05) is 0 Å². The minimum atomic E-state index is 0.801. The molecule has 0 amide bonds. The lowest BCUT2D eigenvalue weighted by Gasteiger charge is -2.40. The van der Waals surface area contributed by atoms with Gasteiger partial charge in [0.15, 0.2) is 0 Å². The van der Waals surface area contributed by atoms with Gasteiger partial charge in [-0.2, -0.15) is 0 Å². The van der Waals surface area contributed by atoms with E-state index >= 15 is 0 Å². The molecular formula is C14H28N2. The summed E-state index contributed by atoms with van der Waals surface area (Å²) in [5, 5.41) is 3.66. The third kappa shape index (κ3) is 3.21. The van der Waals surface area contributed by atoms with Gasteiger partial charge in [-0.3, -0.25) is 4.90 Å². The fraction of sp³-hybridized carbons (Fsp3) is 1.00. The van der Waals surface area contributed by atoms with Crippen LogP contribution in [0.1, 0.15) is 58.8 Å². The van der Waals surface area contributed by atoms with E-state index in [2.05, 4.69) is 24.1 Å². The highest BCUT2D eigenvalue weighted by Gasteiger charge is 2.25. The van der Waals surface area contributed by atoms with E-state index in [1.165, 1.54) is 58.0 Å². The van der Waals surface area contributed by atoms with E-state index in [0.717, 1.165) is 18.1 Å². The standard InChI is InChI=1S/C14H28N2/c1-12-6-5-7-13(2)16(12)11-9-14-8-3-4-10-15-14/h12-15H,3-11H2,1-2H3/t12-,13+,14?. The molecule has 3 atom stereocenters. The molecule has 2 fully saturated rings. The monoisotopic (exact) mass is 224 g/mol. The van der Waals surface area contributed by atoms with Crippen LogP contribution in [0.2, 0.25) is 0 Å². The minimum absolute atomic E-state index is 0.801. The van der Waals surface area contributed by atoms with Crippen molar-refractivity contribution in [2.45, 2.75) is 76.9 Å². The Morgan fingerprint density at radius 2 is 1.75 bits per heavy atom. The maximum Gasteiger partial charge on any atom is 0.00792 e. The van der Waals surface area contributed by atoms with E-state index in [0.29, 0.717) is 0 Å². The Bertz CT molecular complexity index is 189. The summed E-state index contributed by atoms with van der Waals surface area (Å²) in [7, 11) is 0. The van der Waals surface area contributed by atoms with Gasteiger partial charge in [-0.05, 0) is 52.5 Å². The van der Waals surface area contributed by atoms with Gasteiger partial charge in [0.25, 0.3) is 0 Å². The zero-order valence-corrected chi connectivity index (χ0v) is 11.0. The quantitative estimate of drug-likeness (QED) is 0.793. The fourth-order valence-electron chi connectivity index (χ4n) is 3.39. The molecule has 2 heteroatoms. The molecule has 2 rings (SSSR count). The smallest absolute Gasteiger partial charge is 0.00792 e. The third-order valence-electron chi connectivity index (χ3n) is 4.52. The highest BCUT2D eigenvalue weighted by Crippen LogP contribution is 2.23. The summed E-state index contributed by atoms with van der Waals surface area (Å²) >= 11 is 0. The Morgan fingerprint density at radius 3 is 2.38 bits per heavy atom. The molecule has 16 heavy (non-hydrogen) atoms. The summed E-state index contributed by atoms with van der Waals surface area (Å²) in [5.74, 6) is 0. The van der Waals surface area contributed by atoms with Gasteiger partial charge in [0, 0.05) is 24.7 Å². The summed E-state index contributed by atoms with van der Waals surface area (Å²) in [6.45, 7) is 7.36. The molecule has 0 radical (unpaired) electrons. The Balaban J connectivity index is 1.74. The maximum atomic E-state index is 3.66. The normalized spacial score (nSPS) is 37.5. The summed E-state index contributed by atoms with van der Waals surface area (Å²) in [6.07, 6.45) is 9.81. The van der Waals surface area contributed by atoms with Crippen LogP contribution in [0.15, 0.2) is 0 Å². The van der Waals surface area contributed by atoms with Crippen LogP contribution < -0.4 is 5.32 Å². The van der Waals surface area contributed by atoms with Crippen LogP contribution in [0.25, 0.3) is 0 Å². The second-order valence-electron chi connectivity index (χ2n) is 5.80. The van der Waals surface area contributed by atoms with Crippen LogP contribution in [-0.4, -0.2) is 36.1 Å². The highest BCUT2D eigenvalue weighted by molar-refractivity contribution is 4.81. The Labute approximate surface area is 101 Å². The average molecular weight is 224 g/mol. The van der Waals surface area contributed by atoms with Gasteiger partial charge in [0.05, 0.1) is 0 Å². The van der Waals surface area contributed by atoms with E-state index in [4.69, 9.17) is 0 Å². The van der Waals surface area contributed by atoms with Crippen molar-refractivity contribution in [1.29, 1.82) is 0 Å². The number of nitrogens with zero attached hydrogens (tertiary/aromatic N) is 1. The van der Waals surface area contributed by atoms with Crippen molar-refractivity contribution >= 4 is 0 Å². The summed E-state index contributed by atoms with van der Waals surface area (Å²) < 4.78 is 0. The molecule has 0 spiro atoms. The second-order valence-corrected chi connectivity index (χ2v) is 5.80. The SMILES string of the molecule is C[C@@H]1CCC[C@H](C)N1CCC1CCCCN1. The Kier molecular flexibility index (Phi) is 4.66. The summed E-state index contributed by atoms with van der Waals surface area (Å²) in [6, 6.07) is 2.43. The van der Waals surface area contributed by atoms with E-state index in [1.54, 1.807) is 0 Å². The van der Waals surface area contributed by atoms with Crippen LogP contribution in [0.4, 0.5) is 0 Å². The number of nitrogens with one attached hydrogen (secondary N) is 1. The van der Waals surface area contributed by atoms with Gasteiger partial charge < -0.3 is 5.32 Å². The zero-order valence-electron chi connectivity index (χ0n) is 11.0. The van der Waals surface area contributed by atoms with E-state index < -0.39 is 0 Å². The van der Waals surface area contributed by atoms with Gasteiger partial charge in [-0.1, -0.05) is 12.8 Å². The molecule has 2 heterocycles. The van der Waals surface area contributed by atoms with Crippen molar-refractivity contribution in [2.24, 2.45) is 0 Å². The molecule has 2 aliphatic heterocycles. The topological polar surface area (TPSA) is 15.3 Å². The molecule has 1 N–H and O–H groups in total. The van der Waals surface area contributed by atoms with Crippen LogP contribution in [0.3, 0.4) is 0 Å².